The Morgan fingerprint density at radius 3 is 2.18 bits per heavy atom. The molecule has 1 heterocycles. The number of amides is 1. The molecule has 0 saturated carbocycles. The molecular formula is C25H24N2O5S. The number of nitrogens with one attached hydrogen (secondary N) is 1. The van der Waals surface area contributed by atoms with Crippen LogP contribution >= 0.6 is 0 Å². The maximum Gasteiger partial charge on any atom is 0.325 e. The number of benzene rings is 3. The van der Waals surface area contributed by atoms with Gasteiger partial charge in [0, 0.05) is 18.7 Å². The van der Waals surface area contributed by atoms with E-state index in [0.29, 0.717) is 5.69 Å². The van der Waals surface area contributed by atoms with E-state index in [2.05, 4.69) is 5.32 Å². The predicted octanol–water partition coefficient (Wildman–Crippen LogP) is 3.22. The Hall–Kier alpha value is -3.49. The normalized spacial score (nSPS) is 16.0. The maximum atomic E-state index is 12.7. The summed E-state index contributed by atoms with van der Waals surface area (Å²) in [5.41, 5.74) is 4.39. The van der Waals surface area contributed by atoms with Gasteiger partial charge in [0.15, 0.2) is 6.61 Å². The quantitative estimate of drug-likeness (QED) is 0.566. The SMILES string of the molecule is CS(=O)(=O)N1Cc2ccccc2C[C@@H]1C(=O)OCC(=O)Nc1ccc(-c2ccccc2)cc1. The third-order valence-corrected chi connectivity index (χ3v) is 6.76. The van der Waals surface area contributed by atoms with E-state index in [1.807, 2.05) is 66.7 Å². The minimum absolute atomic E-state index is 0.0920. The Kier molecular flexibility index (Phi) is 6.57. The van der Waals surface area contributed by atoms with Crippen molar-refractivity contribution in [2.24, 2.45) is 0 Å². The topological polar surface area (TPSA) is 92.8 Å². The van der Waals surface area contributed by atoms with Crippen LogP contribution in [0.2, 0.25) is 0 Å². The average molecular weight is 465 g/mol. The fourth-order valence-corrected chi connectivity index (χ4v) is 4.85. The summed E-state index contributed by atoms with van der Waals surface area (Å²) in [6, 6.07) is 23.5. The average Bonchev–Trinajstić information content (AvgIpc) is 2.82. The molecule has 1 amide bonds. The summed E-state index contributed by atoms with van der Waals surface area (Å²) in [6.45, 7) is -0.413. The zero-order chi connectivity index (χ0) is 23.4. The lowest BCUT2D eigenvalue weighted by Crippen LogP contribution is -2.49. The van der Waals surface area contributed by atoms with E-state index in [4.69, 9.17) is 4.74 Å². The van der Waals surface area contributed by atoms with Crippen LogP contribution in [0.4, 0.5) is 5.69 Å². The Balaban J connectivity index is 1.37. The lowest BCUT2D eigenvalue weighted by Gasteiger charge is -2.33. The van der Waals surface area contributed by atoms with Crippen LogP contribution in [0.15, 0.2) is 78.9 Å². The second kappa shape index (κ2) is 9.56. The van der Waals surface area contributed by atoms with Gasteiger partial charge in [0.25, 0.3) is 5.91 Å². The Labute approximate surface area is 193 Å². The van der Waals surface area contributed by atoms with Crippen molar-refractivity contribution in [3.63, 3.8) is 0 Å². The summed E-state index contributed by atoms with van der Waals surface area (Å²) in [5.74, 6) is -1.25. The summed E-state index contributed by atoms with van der Waals surface area (Å²) in [7, 11) is -3.64. The minimum atomic E-state index is -3.64. The summed E-state index contributed by atoms with van der Waals surface area (Å²) >= 11 is 0. The fraction of sp³-hybridized carbons (Fsp3) is 0.200. The van der Waals surface area contributed by atoms with Gasteiger partial charge in [0.1, 0.15) is 6.04 Å². The number of rotatable bonds is 6. The van der Waals surface area contributed by atoms with Gasteiger partial charge >= 0.3 is 5.97 Å². The Morgan fingerprint density at radius 1 is 0.909 bits per heavy atom. The van der Waals surface area contributed by atoms with Gasteiger partial charge in [0.05, 0.1) is 6.26 Å². The summed E-state index contributed by atoms with van der Waals surface area (Å²) in [5, 5.41) is 2.69. The van der Waals surface area contributed by atoms with Gasteiger partial charge < -0.3 is 10.1 Å². The smallest absolute Gasteiger partial charge is 0.325 e. The molecule has 1 N–H and O–H groups in total. The fourth-order valence-electron chi connectivity index (χ4n) is 3.85. The second-order valence-corrected chi connectivity index (χ2v) is 9.83. The van der Waals surface area contributed by atoms with Crippen LogP contribution in [0.25, 0.3) is 11.1 Å². The maximum absolute atomic E-state index is 12.7. The van der Waals surface area contributed by atoms with Crippen molar-refractivity contribution in [2.45, 2.75) is 19.0 Å². The number of sulfonamides is 1. The van der Waals surface area contributed by atoms with Gasteiger partial charge in [-0.05, 0) is 34.4 Å². The van der Waals surface area contributed by atoms with Crippen molar-refractivity contribution in [1.29, 1.82) is 0 Å². The monoisotopic (exact) mass is 464 g/mol. The first-order chi connectivity index (χ1) is 15.8. The van der Waals surface area contributed by atoms with Crippen LogP contribution in [-0.4, -0.2) is 43.5 Å². The number of fused-ring (bicyclic) bond motifs is 1. The Bertz CT molecular complexity index is 1260. The van der Waals surface area contributed by atoms with Crippen molar-refractivity contribution < 1.29 is 22.7 Å². The highest BCUT2D eigenvalue weighted by Crippen LogP contribution is 2.26. The molecule has 3 aromatic carbocycles. The molecule has 0 aliphatic carbocycles. The van der Waals surface area contributed by atoms with E-state index < -0.39 is 34.5 Å². The van der Waals surface area contributed by atoms with E-state index in [1.165, 1.54) is 0 Å². The first-order valence-electron chi connectivity index (χ1n) is 10.5. The molecule has 0 saturated heterocycles. The van der Waals surface area contributed by atoms with Crippen LogP contribution in [0, 0.1) is 0 Å². The highest BCUT2D eigenvalue weighted by atomic mass is 32.2. The third-order valence-electron chi connectivity index (χ3n) is 5.52. The first kappa shape index (κ1) is 22.7. The van der Waals surface area contributed by atoms with Crippen molar-refractivity contribution in [3.05, 3.63) is 90.0 Å². The zero-order valence-corrected chi connectivity index (χ0v) is 18.9. The van der Waals surface area contributed by atoms with E-state index in [0.717, 1.165) is 32.8 Å². The molecule has 0 radical (unpaired) electrons. The van der Waals surface area contributed by atoms with Gasteiger partial charge in [-0.3, -0.25) is 9.59 Å². The van der Waals surface area contributed by atoms with Crippen LogP contribution in [0.1, 0.15) is 11.1 Å². The molecule has 1 atom stereocenters. The second-order valence-electron chi connectivity index (χ2n) is 7.90. The first-order valence-corrected chi connectivity index (χ1v) is 12.3. The predicted molar refractivity (Wildman–Crippen MR) is 126 cm³/mol. The molecule has 170 valence electrons. The molecule has 3 aromatic rings. The van der Waals surface area contributed by atoms with Crippen LogP contribution < -0.4 is 5.32 Å². The lowest BCUT2D eigenvalue weighted by atomic mass is 9.96. The zero-order valence-electron chi connectivity index (χ0n) is 18.1. The number of esters is 1. The third kappa shape index (κ3) is 5.47. The number of hydrogen-bond acceptors (Lipinski definition) is 5. The lowest BCUT2D eigenvalue weighted by molar-refractivity contribution is -0.151. The van der Waals surface area contributed by atoms with Crippen molar-refractivity contribution in [2.75, 3.05) is 18.2 Å². The number of anilines is 1. The van der Waals surface area contributed by atoms with Gasteiger partial charge in [-0.2, -0.15) is 4.31 Å². The number of nitrogens with zero attached hydrogens (tertiary/aromatic N) is 1. The van der Waals surface area contributed by atoms with Gasteiger partial charge in [0.2, 0.25) is 10.0 Å². The van der Waals surface area contributed by atoms with E-state index in [-0.39, 0.29) is 13.0 Å². The summed E-state index contributed by atoms with van der Waals surface area (Å²) in [4.78, 5) is 25.0. The Morgan fingerprint density at radius 2 is 1.52 bits per heavy atom. The number of hydrogen-bond donors (Lipinski definition) is 1. The highest BCUT2D eigenvalue weighted by Gasteiger charge is 2.38. The molecule has 7 nitrogen and oxygen atoms in total. The van der Waals surface area contributed by atoms with Crippen LogP contribution in [0.3, 0.4) is 0 Å². The molecule has 8 heteroatoms. The largest absolute Gasteiger partial charge is 0.454 e. The minimum Gasteiger partial charge on any atom is -0.454 e. The molecule has 1 aliphatic rings. The number of carbonyl (C=O) groups excluding carboxylic acids is 2. The number of carbonyl (C=O) groups is 2. The van der Waals surface area contributed by atoms with Crippen molar-refractivity contribution in [3.8, 4) is 11.1 Å². The van der Waals surface area contributed by atoms with E-state index >= 15 is 0 Å². The molecule has 0 fully saturated rings. The van der Waals surface area contributed by atoms with Gasteiger partial charge in [-0.25, -0.2) is 8.42 Å². The molecule has 1 aliphatic heterocycles. The van der Waals surface area contributed by atoms with Crippen molar-refractivity contribution in [1.82, 2.24) is 4.31 Å². The molecule has 0 spiro atoms. The standard InChI is InChI=1S/C25H24N2O5S/c1-33(30,31)27-16-21-10-6-5-9-20(21)15-23(27)25(29)32-17-24(28)26-22-13-11-19(12-14-22)18-7-3-2-4-8-18/h2-14,23H,15-17H2,1H3,(H,26,28)/t23-/m1/s1. The van der Waals surface area contributed by atoms with Crippen molar-refractivity contribution >= 4 is 27.6 Å². The summed E-state index contributed by atoms with van der Waals surface area (Å²) < 4.78 is 30.8. The molecular weight excluding hydrogens is 440 g/mol. The molecule has 33 heavy (non-hydrogen) atoms. The van der Waals surface area contributed by atoms with Gasteiger partial charge in [-0.1, -0.05) is 66.7 Å². The highest BCUT2D eigenvalue weighted by molar-refractivity contribution is 7.88. The summed E-state index contributed by atoms with van der Waals surface area (Å²) in [6.07, 6.45) is 1.26. The van der Waals surface area contributed by atoms with Crippen LogP contribution in [0.5, 0.6) is 0 Å². The van der Waals surface area contributed by atoms with E-state index in [1.54, 1.807) is 12.1 Å². The number of ether oxygens (including phenoxy) is 1. The molecule has 4 rings (SSSR count). The van der Waals surface area contributed by atoms with E-state index in [9.17, 15) is 18.0 Å². The van der Waals surface area contributed by atoms with Gasteiger partial charge in [-0.15, -0.1) is 0 Å². The molecule has 0 bridgehead atoms. The van der Waals surface area contributed by atoms with Crippen LogP contribution in [-0.2, 0) is 37.3 Å². The molecule has 0 unspecified atom stereocenters. The molecule has 0 aromatic heterocycles.